The number of hydrogen-bond acceptors (Lipinski definition) is 4. The van der Waals surface area contributed by atoms with Gasteiger partial charge in [-0.3, -0.25) is 9.59 Å². The number of carbonyl (C=O) groups is 2. The quantitative estimate of drug-likeness (QED) is 0.604. The summed E-state index contributed by atoms with van der Waals surface area (Å²) in [7, 11) is 0. The van der Waals surface area contributed by atoms with Crippen LogP contribution in [0.3, 0.4) is 0 Å². The molecule has 0 saturated carbocycles. The van der Waals surface area contributed by atoms with Crippen LogP contribution in [0.5, 0.6) is 0 Å². The van der Waals surface area contributed by atoms with E-state index in [1.165, 1.54) is 0 Å². The van der Waals surface area contributed by atoms with Crippen LogP contribution >= 0.6 is 0 Å². The zero-order valence-corrected chi connectivity index (χ0v) is 12.9. The molecule has 0 aliphatic carbocycles. The highest BCUT2D eigenvalue weighted by molar-refractivity contribution is 5.77. The lowest BCUT2D eigenvalue weighted by molar-refractivity contribution is -0.154. The molecule has 0 amide bonds. The number of ether oxygens (including phenoxy) is 2. The van der Waals surface area contributed by atoms with Gasteiger partial charge in [0, 0.05) is 0 Å². The minimum atomic E-state index is -0.333. The number of esters is 2. The van der Waals surface area contributed by atoms with E-state index in [0.29, 0.717) is 12.5 Å². The zero-order valence-electron chi connectivity index (χ0n) is 12.9. The first-order valence-corrected chi connectivity index (χ1v) is 7.21. The van der Waals surface area contributed by atoms with Gasteiger partial charge in [-0.05, 0) is 25.2 Å². The van der Waals surface area contributed by atoms with Crippen molar-refractivity contribution < 1.29 is 19.1 Å². The Morgan fingerprint density at radius 1 is 1.00 bits per heavy atom. The Morgan fingerprint density at radius 2 is 1.58 bits per heavy atom. The third kappa shape index (κ3) is 9.51. The van der Waals surface area contributed by atoms with Crippen LogP contribution in [0, 0.1) is 11.8 Å². The molecule has 0 aromatic rings. The van der Waals surface area contributed by atoms with Crippen molar-refractivity contribution >= 4 is 11.9 Å². The van der Waals surface area contributed by atoms with Crippen LogP contribution < -0.4 is 0 Å². The minimum absolute atomic E-state index is 0.0965. The second-order valence-corrected chi connectivity index (χ2v) is 5.46. The molecule has 0 aromatic heterocycles. The van der Waals surface area contributed by atoms with Crippen LogP contribution in [0.2, 0.25) is 0 Å². The summed E-state index contributed by atoms with van der Waals surface area (Å²) in [5, 5.41) is 0. The molecule has 2 atom stereocenters. The standard InChI is InChI=1S/C15H28O4/c1-6-12(4)9-10-18-14(16)7-8-15(17)19-13(5)11(2)3/h11-13H,6-10H2,1-5H3. The lowest BCUT2D eigenvalue weighted by atomic mass is 10.1. The molecule has 0 N–H and O–H groups in total. The molecule has 4 heteroatoms. The smallest absolute Gasteiger partial charge is 0.306 e. The Kier molecular flexibility index (Phi) is 9.27. The summed E-state index contributed by atoms with van der Waals surface area (Å²) in [5.41, 5.74) is 0. The first-order chi connectivity index (χ1) is 8.86. The van der Waals surface area contributed by atoms with Crippen molar-refractivity contribution in [3.05, 3.63) is 0 Å². The molecule has 0 aliphatic rings. The lowest BCUT2D eigenvalue weighted by Gasteiger charge is -2.16. The van der Waals surface area contributed by atoms with Crippen LogP contribution in [0.1, 0.15) is 60.3 Å². The van der Waals surface area contributed by atoms with Gasteiger partial charge in [0.25, 0.3) is 0 Å². The van der Waals surface area contributed by atoms with Gasteiger partial charge in [-0.1, -0.05) is 34.1 Å². The molecule has 112 valence electrons. The predicted molar refractivity (Wildman–Crippen MR) is 74.7 cm³/mol. The molecule has 0 bridgehead atoms. The van der Waals surface area contributed by atoms with Crippen LogP contribution in [0.15, 0.2) is 0 Å². The van der Waals surface area contributed by atoms with Gasteiger partial charge >= 0.3 is 11.9 Å². The normalized spacial score (nSPS) is 14.0. The van der Waals surface area contributed by atoms with E-state index in [0.717, 1.165) is 12.8 Å². The van der Waals surface area contributed by atoms with Gasteiger partial charge in [-0.15, -0.1) is 0 Å². The minimum Gasteiger partial charge on any atom is -0.466 e. The molecule has 0 spiro atoms. The van der Waals surface area contributed by atoms with Gasteiger partial charge in [0.15, 0.2) is 0 Å². The molecular formula is C15H28O4. The topological polar surface area (TPSA) is 52.6 Å². The first kappa shape index (κ1) is 17.9. The summed E-state index contributed by atoms with van der Waals surface area (Å²) in [4.78, 5) is 22.9. The summed E-state index contributed by atoms with van der Waals surface area (Å²) in [6.45, 7) is 10.5. The van der Waals surface area contributed by atoms with Crippen LogP contribution in [-0.4, -0.2) is 24.6 Å². The summed E-state index contributed by atoms with van der Waals surface area (Å²) < 4.78 is 10.2. The van der Waals surface area contributed by atoms with E-state index < -0.39 is 0 Å². The highest BCUT2D eigenvalue weighted by atomic mass is 16.5. The van der Waals surface area contributed by atoms with Crippen LogP contribution in [0.4, 0.5) is 0 Å². The second-order valence-electron chi connectivity index (χ2n) is 5.46. The van der Waals surface area contributed by atoms with Crippen molar-refractivity contribution in [2.45, 2.75) is 66.4 Å². The van der Waals surface area contributed by atoms with Crippen molar-refractivity contribution in [1.82, 2.24) is 0 Å². The molecule has 0 saturated heterocycles. The van der Waals surface area contributed by atoms with Gasteiger partial charge in [0.1, 0.15) is 6.10 Å². The van der Waals surface area contributed by atoms with Crippen molar-refractivity contribution in [3.8, 4) is 0 Å². The van der Waals surface area contributed by atoms with Gasteiger partial charge in [-0.2, -0.15) is 0 Å². The predicted octanol–water partition coefficient (Wildman–Crippen LogP) is 3.33. The highest BCUT2D eigenvalue weighted by Crippen LogP contribution is 2.09. The van der Waals surface area contributed by atoms with E-state index in [2.05, 4.69) is 13.8 Å². The zero-order chi connectivity index (χ0) is 14.8. The Balaban J connectivity index is 3.70. The molecule has 0 radical (unpaired) electrons. The summed E-state index contributed by atoms with van der Waals surface area (Å²) in [5.74, 6) is 0.189. The summed E-state index contributed by atoms with van der Waals surface area (Å²) in [6, 6.07) is 0. The maximum atomic E-state index is 11.5. The molecule has 19 heavy (non-hydrogen) atoms. The van der Waals surface area contributed by atoms with Crippen molar-refractivity contribution in [2.24, 2.45) is 11.8 Å². The SMILES string of the molecule is CCC(C)CCOC(=O)CCC(=O)OC(C)C(C)C. The maximum absolute atomic E-state index is 11.5. The molecule has 0 aliphatic heterocycles. The highest BCUT2D eigenvalue weighted by Gasteiger charge is 2.14. The molecule has 2 unspecified atom stereocenters. The molecule has 0 fully saturated rings. The fraction of sp³-hybridized carbons (Fsp3) is 0.867. The molecule has 0 heterocycles. The van der Waals surface area contributed by atoms with Crippen molar-refractivity contribution in [2.75, 3.05) is 6.61 Å². The van der Waals surface area contributed by atoms with Crippen molar-refractivity contribution in [1.29, 1.82) is 0 Å². The second kappa shape index (κ2) is 9.82. The average Bonchev–Trinajstić information content (AvgIpc) is 2.35. The Hall–Kier alpha value is -1.06. The van der Waals surface area contributed by atoms with E-state index >= 15 is 0 Å². The Bertz CT molecular complexity index is 273. The van der Waals surface area contributed by atoms with E-state index in [1.54, 1.807) is 0 Å². The van der Waals surface area contributed by atoms with Crippen molar-refractivity contribution in [3.63, 3.8) is 0 Å². The Morgan fingerprint density at radius 3 is 2.11 bits per heavy atom. The number of carbonyl (C=O) groups excluding carboxylic acids is 2. The first-order valence-electron chi connectivity index (χ1n) is 7.21. The van der Waals surface area contributed by atoms with E-state index in [4.69, 9.17) is 9.47 Å². The summed E-state index contributed by atoms with van der Waals surface area (Å²) in [6.07, 6.45) is 2.03. The lowest BCUT2D eigenvalue weighted by Crippen LogP contribution is -2.21. The van der Waals surface area contributed by atoms with E-state index in [9.17, 15) is 9.59 Å². The van der Waals surface area contributed by atoms with Gasteiger partial charge < -0.3 is 9.47 Å². The fourth-order valence-electron chi connectivity index (χ4n) is 1.26. The monoisotopic (exact) mass is 272 g/mol. The van der Waals surface area contributed by atoms with Crippen LogP contribution in [0.25, 0.3) is 0 Å². The molecule has 4 nitrogen and oxygen atoms in total. The van der Waals surface area contributed by atoms with E-state index in [1.807, 2.05) is 20.8 Å². The van der Waals surface area contributed by atoms with Gasteiger partial charge in [-0.25, -0.2) is 0 Å². The number of hydrogen-bond donors (Lipinski definition) is 0. The van der Waals surface area contributed by atoms with E-state index in [-0.39, 0.29) is 36.8 Å². The van der Waals surface area contributed by atoms with Gasteiger partial charge in [0.05, 0.1) is 19.4 Å². The average molecular weight is 272 g/mol. The third-order valence-corrected chi connectivity index (χ3v) is 3.36. The molecular weight excluding hydrogens is 244 g/mol. The number of rotatable bonds is 9. The molecule has 0 rings (SSSR count). The Labute approximate surface area is 116 Å². The van der Waals surface area contributed by atoms with Gasteiger partial charge in [0.2, 0.25) is 0 Å². The maximum Gasteiger partial charge on any atom is 0.306 e. The molecule has 0 aromatic carbocycles. The van der Waals surface area contributed by atoms with Crippen LogP contribution in [-0.2, 0) is 19.1 Å². The fourth-order valence-corrected chi connectivity index (χ4v) is 1.26. The largest absolute Gasteiger partial charge is 0.466 e. The third-order valence-electron chi connectivity index (χ3n) is 3.36. The summed E-state index contributed by atoms with van der Waals surface area (Å²) >= 11 is 0.